The molecular weight excluding hydrogens is 452 g/mol. The van der Waals surface area contributed by atoms with E-state index in [1.165, 1.54) is 51.4 Å². The smallest absolute Gasteiger partial charge is 0.338 e. The first-order chi connectivity index (χ1) is 17.6. The van der Waals surface area contributed by atoms with Gasteiger partial charge in [0.15, 0.2) is 0 Å². The van der Waals surface area contributed by atoms with Gasteiger partial charge >= 0.3 is 5.97 Å². The first-order valence-corrected chi connectivity index (χ1v) is 15.6. The number of carbonyl (C=O) groups is 1. The Morgan fingerprint density at radius 3 is 2.35 bits per heavy atom. The Hall–Kier alpha value is -1.57. The van der Waals surface area contributed by atoms with Gasteiger partial charge in [-0.25, -0.2) is 4.79 Å². The summed E-state index contributed by atoms with van der Waals surface area (Å²) in [6.45, 7) is 15.0. The summed E-state index contributed by atoms with van der Waals surface area (Å²) in [6, 6.07) is 9.51. The molecule has 0 bridgehead atoms. The molecule has 0 spiro atoms. The average Bonchev–Trinajstić information content (AvgIpc) is 3.25. The molecule has 37 heavy (non-hydrogen) atoms. The van der Waals surface area contributed by atoms with E-state index in [0.717, 1.165) is 48.3 Å². The number of esters is 1. The number of benzene rings is 1. The van der Waals surface area contributed by atoms with Crippen LogP contribution in [0.4, 0.5) is 0 Å². The molecule has 2 heteroatoms. The van der Waals surface area contributed by atoms with Crippen molar-refractivity contribution >= 4 is 5.97 Å². The van der Waals surface area contributed by atoms with Crippen molar-refractivity contribution in [1.29, 1.82) is 0 Å². The van der Waals surface area contributed by atoms with Gasteiger partial charge in [-0.15, -0.1) is 0 Å². The van der Waals surface area contributed by atoms with Crippen LogP contribution in [0.15, 0.2) is 42.0 Å². The van der Waals surface area contributed by atoms with Gasteiger partial charge in [-0.2, -0.15) is 0 Å². The lowest BCUT2D eigenvalue weighted by atomic mass is 9.47. The van der Waals surface area contributed by atoms with Crippen molar-refractivity contribution in [2.75, 3.05) is 0 Å². The quantitative estimate of drug-likeness (QED) is 0.273. The molecule has 204 valence electrons. The van der Waals surface area contributed by atoms with Crippen molar-refractivity contribution in [2.24, 2.45) is 52.3 Å². The van der Waals surface area contributed by atoms with Crippen molar-refractivity contribution in [3.8, 4) is 0 Å². The average molecular weight is 505 g/mol. The third kappa shape index (κ3) is 4.96. The van der Waals surface area contributed by atoms with E-state index in [2.05, 4.69) is 47.6 Å². The highest BCUT2D eigenvalue weighted by atomic mass is 16.5. The molecular formula is C35H52O2. The molecule has 0 N–H and O–H groups in total. The lowest BCUT2D eigenvalue weighted by molar-refractivity contribution is -0.0524. The summed E-state index contributed by atoms with van der Waals surface area (Å²) in [4.78, 5) is 12.7. The van der Waals surface area contributed by atoms with Gasteiger partial charge in [-0.1, -0.05) is 84.2 Å². The summed E-state index contributed by atoms with van der Waals surface area (Å²) >= 11 is 0. The first-order valence-electron chi connectivity index (χ1n) is 15.6. The molecule has 1 aromatic carbocycles. The molecule has 1 aromatic rings. The topological polar surface area (TPSA) is 26.3 Å². The lowest BCUT2D eigenvalue weighted by Crippen LogP contribution is -2.50. The second-order valence-electron chi connectivity index (χ2n) is 14.4. The fourth-order valence-corrected chi connectivity index (χ4v) is 9.41. The number of carbonyl (C=O) groups excluding carboxylic acids is 1. The Morgan fingerprint density at radius 2 is 1.62 bits per heavy atom. The molecule has 0 unspecified atom stereocenters. The van der Waals surface area contributed by atoms with Gasteiger partial charge in [0.1, 0.15) is 6.10 Å². The maximum absolute atomic E-state index is 12.7. The van der Waals surface area contributed by atoms with Gasteiger partial charge in [0.25, 0.3) is 0 Å². The molecule has 2 nitrogen and oxygen atoms in total. The molecule has 0 aromatic heterocycles. The molecule has 5 rings (SSSR count). The number of hydrogen-bond donors (Lipinski definition) is 0. The van der Waals surface area contributed by atoms with Gasteiger partial charge in [0, 0.05) is 0 Å². The van der Waals surface area contributed by atoms with Crippen LogP contribution in [0.1, 0.15) is 116 Å². The highest BCUT2D eigenvalue weighted by Gasteiger charge is 2.58. The predicted octanol–water partition coefficient (Wildman–Crippen LogP) is 9.50. The Balaban J connectivity index is 1.25. The van der Waals surface area contributed by atoms with Crippen LogP contribution in [-0.2, 0) is 4.74 Å². The summed E-state index contributed by atoms with van der Waals surface area (Å²) < 4.78 is 6.03. The monoisotopic (exact) mass is 504 g/mol. The van der Waals surface area contributed by atoms with E-state index in [4.69, 9.17) is 4.74 Å². The third-order valence-electron chi connectivity index (χ3n) is 12.3. The molecule has 4 aliphatic carbocycles. The molecule has 4 aliphatic rings. The fourth-order valence-electron chi connectivity index (χ4n) is 9.41. The van der Waals surface area contributed by atoms with Gasteiger partial charge in [-0.05, 0) is 116 Å². The molecule has 0 aliphatic heterocycles. The minimum Gasteiger partial charge on any atom is -0.459 e. The molecule has 0 radical (unpaired) electrons. The van der Waals surface area contributed by atoms with E-state index in [-0.39, 0.29) is 12.1 Å². The predicted molar refractivity (Wildman–Crippen MR) is 153 cm³/mol. The highest BCUT2D eigenvalue weighted by Crippen LogP contribution is 2.67. The van der Waals surface area contributed by atoms with E-state index in [1.807, 2.05) is 35.9 Å². The summed E-state index contributed by atoms with van der Waals surface area (Å²) in [6.07, 6.45) is 15.6. The molecule has 0 saturated heterocycles. The molecule has 3 fully saturated rings. The van der Waals surface area contributed by atoms with Crippen LogP contribution in [0.3, 0.4) is 0 Å². The second kappa shape index (κ2) is 10.5. The van der Waals surface area contributed by atoms with Crippen LogP contribution >= 0.6 is 0 Å². The zero-order valence-electron chi connectivity index (χ0n) is 24.5. The first kappa shape index (κ1) is 27.0. The second-order valence-corrected chi connectivity index (χ2v) is 14.4. The lowest BCUT2D eigenvalue weighted by Gasteiger charge is -2.58. The molecule has 0 amide bonds. The van der Waals surface area contributed by atoms with Crippen LogP contribution in [0.2, 0.25) is 0 Å². The third-order valence-corrected chi connectivity index (χ3v) is 12.3. The van der Waals surface area contributed by atoms with Crippen molar-refractivity contribution in [1.82, 2.24) is 0 Å². The highest BCUT2D eigenvalue weighted by molar-refractivity contribution is 5.89. The largest absolute Gasteiger partial charge is 0.459 e. The maximum Gasteiger partial charge on any atom is 0.338 e. The zero-order valence-corrected chi connectivity index (χ0v) is 24.5. The van der Waals surface area contributed by atoms with Gasteiger partial charge in [-0.3, -0.25) is 0 Å². The maximum atomic E-state index is 12.7. The Bertz CT molecular complexity index is 978. The summed E-state index contributed by atoms with van der Waals surface area (Å²) in [5, 5.41) is 0. The van der Waals surface area contributed by atoms with Crippen LogP contribution in [0.25, 0.3) is 0 Å². The summed E-state index contributed by atoms with van der Waals surface area (Å²) in [5.74, 6) is 5.39. The van der Waals surface area contributed by atoms with Crippen molar-refractivity contribution < 1.29 is 9.53 Å². The standard InChI is InChI=1S/C35H52O2/c1-23(2)24(3)12-13-25(4)30-16-17-31-29-15-14-27-22-28(37-33(36)26-10-8-7-9-11-26)18-20-34(27,5)32(29)19-21-35(30,31)6/h7-11,15,23-25,27-28,30-32H,12-14,16-22H2,1-6H3/t24-,25+,27-,28-,30+,31-,32-,34-,35+/m0/s1. The van der Waals surface area contributed by atoms with Gasteiger partial charge in [0.2, 0.25) is 0 Å². The van der Waals surface area contributed by atoms with E-state index < -0.39 is 0 Å². The zero-order chi connectivity index (χ0) is 26.4. The minimum absolute atomic E-state index is 0.0690. The van der Waals surface area contributed by atoms with Crippen LogP contribution < -0.4 is 0 Å². The van der Waals surface area contributed by atoms with Crippen LogP contribution in [0, 0.1) is 52.3 Å². The fraction of sp³-hybridized carbons (Fsp3) is 0.743. The summed E-state index contributed by atoms with van der Waals surface area (Å²) in [7, 11) is 0. The van der Waals surface area contributed by atoms with E-state index in [0.29, 0.717) is 22.3 Å². The van der Waals surface area contributed by atoms with Crippen molar-refractivity contribution in [2.45, 2.75) is 112 Å². The Morgan fingerprint density at radius 1 is 0.919 bits per heavy atom. The van der Waals surface area contributed by atoms with E-state index >= 15 is 0 Å². The van der Waals surface area contributed by atoms with Gasteiger partial charge in [0.05, 0.1) is 5.56 Å². The number of rotatable bonds is 7. The number of hydrogen-bond acceptors (Lipinski definition) is 2. The Labute approximate surface area is 227 Å². The molecule has 3 saturated carbocycles. The minimum atomic E-state index is -0.149. The Kier molecular flexibility index (Phi) is 7.69. The summed E-state index contributed by atoms with van der Waals surface area (Å²) in [5.41, 5.74) is 3.39. The normalized spacial score (nSPS) is 38.7. The SMILES string of the molecule is CC(C)[C@@H](C)CC[C@@H](C)[C@H]1CC[C@H]2C3=CC[C@H]4C[C@@H](OC(=O)c5ccccc5)CC[C@]4(C)[C@H]3CC[C@]12C. The van der Waals surface area contributed by atoms with E-state index in [9.17, 15) is 4.79 Å². The number of allylic oxidation sites excluding steroid dienone is 2. The van der Waals surface area contributed by atoms with Crippen LogP contribution in [0.5, 0.6) is 0 Å². The number of fused-ring (bicyclic) bond motifs is 5. The van der Waals surface area contributed by atoms with E-state index in [1.54, 1.807) is 0 Å². The van der Waals surface area contributed by atoms with Crippen LogP contribution in [-0.4, -0.2) is 12.1 Å². The molecule has 9 atom stereocenters. The molecule has 0 heterocycles. The van der Waals surface area contributed by atoms with Crippen molar-refractivity contribution in [3.05, 3.63) is 47.5 Å². The number of ether oxygens (including phenoxy) is 1. The van der Waals surface area contributed by atoms with Gasteiger partial charge < -0.3 is 4.74 Å². The van der Waals surface area contributed by atoms with Crippen molar-refractivity contribution in [3.63, 3.8) is 0 Å².